The Bertz CT molecular complexity index is 194. The van der Waals surface area contributed by atoms with Crippen molar-refractivity contribution in [2.45, 2.75) is 12.5 Å². The van der Waals surface area contributed by atoms with E-state index in [1.165, 1.54) is 0 Å². The van der Waals surface area contributed by atoms with Gasteiger partial charge in [-0.15, -0.1) is 13.2 Å². The molecule has 0 saturated carbocycles. The summed E-state index contributed by atoms with van der Waals surface area (Å²) >= 11 is 0. The lowest BCUT2D eigenvalue weighted by Crippen LogP contribution is -2.36. The first kappa shape index (κ1) is 10.1. The normalized spacial score (nSPS) is 24.2. The molecule has 0 aromatic rings. The first-order valence-corrected chi connectivity index (χ1v) is 3.16. The quantitative estimate of drug-likeness (QED) is 0.437. The molecule has 0 saturated heterocycles. The SMILES string of the molecule is FC(F)(F)C1C=NN(C(F)(F)F)C1. The van der Waals surface area contributed by atoms with Crippen molar-refractivity contribution in [1.29, 1.82) is 0 Å². The molecule has 1 atom stereocenters. The molecule has 8 heteroatoms. The third-order valence-electron chi connectivity index (χ3n) is 1.47. The molecule has 76 valence electrons. The van der Waals surface area contributed by atoms with Gasteiger partial charge in [-0.1, -0.05) is 0 Å². The molecule has 1 aliphatic rings. The van der Waals surface area contributed by atoms with Crippen LogP contribution in [0.4, 0.5) is 26.3 Å². The summed E-state index contributed by atoms with van der Waals surface area (Å²) in [6, 6.07) is 0. The van der Waals surface area contributed by atoms with Crippen LogP contribution in [0.25, 0.3) is 0 Å². The van der Waals surface area contributed by atoms with Gasteiger partial charge in [0.25, 0.3) is 0 Å². The molecule has 0 spiro atoms. The van der Waals surface area contributed by atoms with Crippen molar-refractivity contribution < 1.29 is 26.3 Å². The Morgan fingerprint density at radius 2 is 1.69 bits per heavy atom. The van der Waals surface area contributed by atoms with E-state index in [4.69, 9.17) is 0 Å². The molecule has 0 radical (unpaired) electrons. The van der Waals surface area contributed by atoms with Crippen LogP contribution in [0.3, 0.4) is 0 Å². The first-order chi connectivity index (χ1) is 5.71. The lowest BCUT2D eigenvalue weighted by atomic mass is 10.2. The standard InChI is InChI=1S/C5H4F6N2/c6-4(7,8)3-1-12-13(2-3)5(9,10)11/h1,3H,2H2. The average Bonchev–Trinajstić information content (AvgIpc) is 2.28. The Morgan fingerprint density at radius 3 is 1.92 bits per heavy atom. The van der Waals surface area contributed by atoms with Crippen molar-refractivity contribution in [1.82, 2.24) is 5.01 Å². The summed E-state index contributed by atoms with van der Waals surface area (Å²) in [7, 11) is 0. The van der Waals surface area contributed by atoms with E-state index in [9.17, 15) is 26.3 Å². The second-order valence-corrected chi connectivity index (χ2v) is 2.46. The third-order valence-corrected chi connectivity index (χ3v) is 1.47. The van der Waals surface area contributed by atoms with Gasteiger partial charge in [0.1, 0.15) is 5.92 Å². The van der Waals surface area contributed by atoms with Gasteiger partial charge < -0.3 is 0 Å². The molecule has 1 rings (SSSR count). The molecule has 1 aliphatic heterocycles. The van der Waals surface area contributed by atoms with Crippen LogP contribution >= 0.6 is 0 Å². The van der Waals surface area contributed by atoms with Gasteiger partial charge in [0.2, 0.25) is 0 Å². The van der Waals surface area contributed by atoms with E-state index in [1.807, 2.05) is 0 Å². The summed E-state index contributed by atoms with van der Waals surface area (Å²) in [5, 5.41) is 2.08. The Balaban J connectivity index is 2.63. The van der Waals surface area contributed by atoms with Gasteiger partial charge >= 0.3 is 12.5 Å². The zero-order valence-corrected chi connectivity index (χ0v) is 6.02. The summed E-state index contributed by atoms with van der Waals surface area (Å²) in [5.41, 5.74) is 0. The van der Waals surface area contributed by atoms with Crippen molar-refractivity contribution in [3.8, 4) is 0 Å². The molecule has 0 aromatic carbocycles. The van der Waals surface area contributed by atoms with Gasteiger partial charge in [0.15, 0.2) is 0 Å². The summed E-state index contributed by atoms with van der Waals surface area (Å²) in [4.78, 5) is 0. The van der Waals surface area contributed by atoms with Crippen molar-refractivity contribution >= 4 is 6.21 Å². The molecule has 0 bridgehead atoms. The van der Waals surface area contributed by atoms with Crippen LogP contribution in [-0.2, 0) is 0 Å². The average molecular weight is 206 g/mol. The highest BCUT2D eigenvalue weighted by Crippen LogP contribution is 2.33. The van der Waals surface area contributed by atoms with E-state index in [0.717, 1.165) is 0 Å². The van der Waals surface area contributed by atoms with Crippen molar-refractivity contribution in [3.63, 3.8) is 0 Å². The molecule has 1 heterocycles. The Hall–Kier alpha value is -0.950. The minimum absolute atomic E-state index is 0.257. The van der Waals surface area contributed by atoms with Crippen LogP contribution in [0.5, 0.6) is 0 Å². The fourth-order valence-electron chi connectivity index (χ4n) is 0.799. The van der Waals surface area contributed by atoms with Crippen LogP contribution < -0.4 is 0 Å². The highest BCUT2D eigenvalue weighted by atomic mass is 19.4. The summed E-state index contributed by atoms with van der Waals surface area (Å²) in [6.45, 7) is -1.19. The predicted octanol–water partition coefficient (Wildman–Crippen LogP) is 1.99. The highest BCUT2D eigenvalue weighted by Gasteiger charge is 2.48. The molecule has 2 nitrogen and oxygen atoms in total. The van der Waals surface area contributed by atoms with E-state index >= 15 is 0 Å². The molecule has 0 aliphatic carbocycles. The van der Waals surface area contributed by atoms with Crippen LogP contribution in [0.15, 0.2) is 5.10 Å². The Labute approximate surface area is 68.8 Å². The molecule has 0 fully saturated rings. The van der Waals surface area contributed by atoms with Crippen LogP contribution in [0, 0.1) is 5.92 Å². The number of hydrazone groups is 1. The summed E-state index contributed by atoms with van der Waals surface area (Å²) < 4.78 is 70.8. The van der Waals surface area contributed by atoms with Crippen molar-refractivity contribution in [2.24, 2.45) is 11.0 Å². The molecule has 1 unspecified atom stereocenters. The Morgan fingerprint density at radius 1 is 1.15 bits per heavy atom. The predicted molar refractivity (Wildman–Crippen MR) is 30.8 cm³/mol. The van der Waals surface area contributed by atoms with Crippen LogP contribution in [0.2, 0.25) is 0 Å². The fourth-order valence-corrected chi connectivity index (χ4v) is 0.799. The number of alkyl halides is 6. The number of halogens is 6. The Kier molecular flexibility index (Phi) is 2.16. The fraction of sp³-hybridized carbons (Fsp3) is 0.800. The van der Waals surface area contributed by atoms with E-state index in [0.29, 0.717) is 0 Å². The van der Waals surface area contributed by atoms with Crippen molar-refractivity contribution in [3.05, 3.63) is 0 Å². The van der Waals surface area contributed by atoms with E-state index < -0.39 is 29.9 Å². The largest absolute Gasteiger partial charge is 0.500 e. The van der Waals surface area contributed by atoms with Gasteiger partial charge in [-0.3, -0.25) is 0 Å². The maximum atomic E-state index is 11.8. The number of hydrogen-bond donors (Lipinski definition) is 0. The minimum atomic E-state index is -4.84. The lowest BCUT2D eigenvalue weighted by molar-refractivity contribution is -0.251. The number of hydrogen-bond acceptors (Lipinski definition) is 2. The van der Waals surface area contributed by atoms with E-state index in [2.05, 4.69) is 5.10 Å². The first-order valence-electron chi connectivity index (χ1n) is 3.16. The smallest absolute Gasteiger partial charge is 0.204 e. The minimum Gasteiger partial charge on any atom is -0.204 e. The van der Waals surface area contributed by atoms with E-state index in [1.54, 1.807) is 0 Å². The zero-order chi connectivity index (χ0) is 10.3. The van der Waals surface area contributed by atoms with Gasteiger partial charge in [-0.2, -0.15) is 18.3 Å². The third kappa shape index (κ3) is 2.25. The second-order valence-electron chi connectivity index (χ2n) is 2.46. The highest BCUT2D eigenvalue weighted by molar-refractivity contribution is 5.63. The van der Waals surface area contributed by atoms with E-state index in [-0.39, 0.29) is 6.21 Å². The monoisotopic (exact) mass is 206 g/mol. The zero-order valence-electron chi connectivity index (χ0n) is 6.02. The molecular weight excluding hydrogens is 202 g/mol. The summed E-state index contributed by atoms with van der Waals surface area (Å²) in [5.74, 6) is -2.13. The molecule has 13 heavy (non-hydrogen) atoms. The van der Waals surface area contributed by atoms with Gasteiger partial charge in [-0.05, 0) is 0 Å². The van der Waals surface area contributed by atoms with Gasteiger partial charge in [-0.25, -0.2) is 5.01 Å². The van der Waals surface area contributed by atoms with Crippen molar-refractivity contribution in [2.75, 3.05) is 6.54 Å². The topological polar surface area (TPSA) is 15.6 Å². The molecule has 0 aromatic heterocycles. The van der Waals surface area contributed by atoms with Crippen LogP contribution in [-0.4, -0.2) is 30.2 Å². The van der Waals surface area contributed by atoms with Gasteiger partial charge in [0.05, 0.1) is 6.54 Å². The number of rotatable bonds is 0. The lowest BCUT2D eigenvalue weighted by Gasteiger charge is -2.19. The van der Waals surface area contributed by atoms with Crippen LogP contribution in [0.1, 0.15) is 0 Å². The molecule has 0 N–H and O–H groups in total. The molecular formula is C5H4F6N2. The maximum Gasteiger partial charge on any atom is 0.500 e. The van der Waals surface area contributed by atoms with Gasteiger partial charge in [0, 0.05) is 6.21 Å². The maximum absolute atomic E-state index is 11.8. The molecule has 0 amide bonds. The number of nitrogens with zero attached hydrogens (tertiary/aromatic N) is 2. The second kappa shape index (κ2) is 2.78. The summed E-state index contributed by atoms with van der Waals surface area (Å²) in [6.07, 6.45) is -9.24.